The smallest absolute Gasteiger partial charge is 0.0799 e. The summed E-state index contributed by atoms with van der Waals surface area (Å²) in [4.78, 5) is 0. The third-order valence-electron chi connectivity index (χ3n) is 1.58. The molecule has 0 spiro atoms. The van der Waals surface area contributed by atoms with Crippen molar-refractivity contribution < 1.29 is 5.11 Å². The molecule has 1 heteroatoms. The van der Waals surface area contributed by atoms with E-state index in [9.17, 15) is 0 Å². The predicted octanol–water partition coefficient (Wildman–Crippen LogP) is 3.09. The van der Waals surface area contributed by atoms with Crippen LogP contribution in [0.15, 0.2) is 0 Å². The van der Waals surface area contributed by atoms with Crippen LogP contribution in [-0.2, 0) is 0 Å². The van der Waals surface area contributed by atoms with Crippen LogP contribution >= 0.6 is 0 Å². The largest absolute Gasteiger partial charge is 0.390 e. The molecule has 0 saturated carbocycles. The lowest BCUT2D eigenvalue weighted by molar-refractivity contribution is 0.367. The Morgan fingerprint density at radius 1 is 1.00 bits per heavy atom. The van der Waals surface area contributed by atoms with Gasteiger partial charge in [0.2, 0.25) is 0 Å². The van der Waals surface area contributed by atoms with Gasteiger partial charge in [0.05, 0.1) is 6.61 Å². The summed E-state index contributed by atoms with van der Waals surface area (Å²) in [7, 11) is 0. The third kappa shape index (κ3) is 7.96. The Morgan fingerprint density at radius 2 is 1.60 bits per heavy atom. The first-order valence-corrected chi connectivity index (χ1v) is 4.17. The molecule has 0 bridgehead atoms. The van der Waals surface area contributed by atoms with Crippen molar-refractivity contribution >= 4 is 0 Å². The van der Waals surface area contributed by atoms with E-state index < -0.39 is 0 Å². The molecule has 0 fully saturated rings. The Morgan fingerprint density at radius 3 is 2.20 bits per heavy atom. The van der Waals surface area contributed by atoms with Crippen LogP contribution in [-0.4, -0.2) is 5.11 Å². The van der Waals surface area contributed by atoms with Crippen molar-refractivity contribution in [3.05, 3.63) is 13.5 Å². The Hall–Kier alpha value is -0.0400. The summed E-state index contributed by atoms with van der Waals surface area (Å²) < 4.78 is 0. The molecule has 0 atom stereocenters. The molecule has 0 rings (SSSR count). The van der Waals surface area contributed by atoms with Crippen molar-refractivity contribution in [3.63, 3.8) is 0 Å². The van der Waals surface area contributed by atoms with Gasteiger partial charge in [-0.3, -0.25) is 0 Å². The zero-order chi connectivity index (χ0) is 7.66. The van der Waals surface area contributed by atoms with Crippen LogP contribution in [0.25, 0.3) is 0 Å². The van der Waals surface area contributed by atoms with Gasteiger partial charge >= 0.3 is 0 Å². The van der Waals surface area contributed by atoms with E-state index in [4.69, 9.17) is 5.11 Å². The van der Waals surface area contributed by atoms with Gasteiger partial charge in [-0.05, 0) is 6.42 Å². The van der Waals surface area contributed by atoms with Gasteiger partial charge in [-0.1, -0.05) is 45.4 Å². The molecule has 1 nitrogen and oxygen atoms in total. The summed E-state index contributed by atoms with van der Waals surface area (Å²) in [5.74, 6) is 0. The van der Waals surface area contributed by atoms with E-state index in [1.807, 2.05) is 0 Å². The van der Waals surface area contributed by atoms with Crippen LogP contribution in [0, 0.1) is 13.5 Å². The molecule has 0 saturated heterocycles. The van der Waals surface area contributed by atoms with Crippen molar-refractivity contribution in [1.82, 2.24) is 0 Å². The van der Waals surface area contributed by atoms with Crippen LogP contribution in [0.5, 0.6) is 0 Å². The molecule has 0 aliphatic carbocycles. The fraction of sp³-hybridized carbons (Fsp3) is 0.778. The highest BCUT2D eigenvalue weighted by Gasteiger charge is 1.88. The topological polar surface area (TPSA) is 20.2 Å². The Balaban J connectivity index is 2.65. The van der Waals surface area contributed by atoms with Crippen molar-refractivity contribution in [2.75, 3.05) is 0 Å². The molecule has 2 radical (unpaired) electrons. The first-order chi connectivity index (χ1) is 4.91. The Kier molecular flexibility index (Phi) is 8.92. The average molecular weight is 142 g/mol. The number of aliphatic hydroxyl groups excluding tert-OH is 1. The minimum Gasteiger partial charge on any atom is -0.390 e. The van der Waals surface area contributed by atoms with Crippen LogP contribution < -0.4 is 0 Å². The summed E-state index contributed by atoms with van der Waals surface area (Å²) in [6.07, 6.45) is 8.14. The van der Waals surface area contributed by atoms with Crippen LogP contribution in [0.4, 0.5) is 0 Å². The monoisotopic (exact) mass is 142 g/mol. The lowest BCUT2D eigenvalue weighted by atomic mass is 10.1. The van der Waals surface area contributed by atoms with Gasteiger partial charge in [-0.15, -0.1) is 0 Å². The fourth-order valence-corrected chi connectivity index (χ4v) is 0.943. The molecule has 0 aromatic carbocycles. The summed E-state index contributed by atoms with van der Waals surface area (Å²) in [5.41, 5.74) is 0. The molecule has 0 aliphatic heterocycles. The summed E-state index contributed by atoms with van der Waals surface area (Å²) in [6.45, 7) is 5.02. The second-order valence-corrected chi connectivity index (χ2v) is 2.59. The lowest BCUT2D eigenvalue weighted by Gasteiger charge is -1.97. The molecular formula is C9H18O. The van der Waals surface area contributed by atoms with Gasteiger partial charge in [0.15, 0.2) is 0 Å². The maximum atomic E-state index is 8.33. The molecular weight excluding hydrogens is 124 g/mol. The number of rotatable bonds is 7. The maximum absolute atomic E-state index is 8.33. The Labute approximate surface area is 64.5 Å². The van der Waals surface area contributed by atoms with E-state index in [-0.39, 0.29) is 0 Å². The highest BCUT2D eigenvalue weighted by Crippen LogP contribution is 2.06. The molecule has 0 aliphatic rings. The zero-order valence-corrected chi connectivity index (χ0v) is 6.68. The number of hydrogen-bond acceptors (Lipinski definition) is 1. The quantitative estimate of drug-likeness (QED) is 0.541. The summed E-state index contributed by atoms with van der Waals surface area (Å²) in [6, 6.07) is 0. The first-order valence-electron chi connectivity index (χ1n) is 4.17. The van der Waals surface area contributed by atoms with Crippen LogP contribution in [0.2, 0.25) is 0 Å². The lowest BCUT2D eigenvalue weighted by Crippen LogP contribution is -1.79. The predicted molar refractivity (Wildman–Crippen MR) is 43.9 cm³/mol. The standard InChI is InChI=1S/C9H18O/c1-2-3-4-5-6-7-8-9-10/h9-10H,1-8H2. The molecule has 60 valence electrons. The molecule has 0 amide bonds. The number of hydrogen-bond donors (Lipinski definition) is 1. The molecule has 0 heterocycles. The van der Waals surface area contributed by atoms with E-state index in [0.29, 0.717) is 0 Å². The normalized spacial score (nSPS) is 10.2. The van der Waals surface area contributed by atoms with E-state index in [1.54, 1.807) is 0 Å². The van der Waals surface area contributed by atoms with Gasteiger partial charge in [-0.25, -0.2) is 0 Å². The van der Waals surface area contributed by atoms with Crippen LogP contribution in [0.1, 0.15) is 44.9 Å². The first kappa shape index (κ1) is 9.96. The van der Waals surface area contributed by atoms with Gasteiger partial charge in [0, 0.05) is 0 Å². The SMILES string of the molecule is [CH2]CCCCCCC[CH]O. The minimum atomic E-state index is 0.852. The highest BCUT2D eigenvalue weighted by molar-refractivity contribution is 4.49. The van der Waals surface area contributed by atoms with Crippen molar-refractivity contribution in [2.24, 2.45) is 0 Å². The van der Waals surface area contributed by atoms with E-state index in [1.165, 1.54) is 32.3 Å². The molecule has 10 heavy (non-hydrogen) atoms. The average Bonchev–Trinajstić information content (AvgIpc) is 1.97. The third-order valence-corrected chi connectivity index (χ3v) is 1.58. The van der Waals surface area contributed by atoms with Crippen molar-refractivity contribution in [3.8, 4) is 0 Å². The molecule has 0 aromatic heterocycles. The van der Waals surface area contributed by atoms with Crippen molar-refractivity contribution in [1.29, 1.82) is 0 Å². The highest BCUT2D eigenvalue weighted by atomic mass is 16.2. The molecule has 0 unspecified atom stereocenters. The maximum Gasteiger partial charge on any atom is 0.0799 e. The number of unbranched alkanes of at least 4 members (excludes halogenated alkanes) is 6. The van der Waals surface area contributed by atoms with Gasteiger partial charge in [0.1, 0.15) is 0 Å². The summed E-state index contributed by atoms with van der Waals surface area (Å²) in [5, 5.41) is 8.33. The van der Waals surface area contributed by atoms with E-state index >= 15 is 0 Å². The Bertz CT molecular complexity index is 44.7. The van der Waals surface area contributed by atoms with E-state index in [0.717, 1.165) is 19.3 Å². The van der Waals surface area contributed by atoms with Gasteiger partial charge < -0.3 is 5.11 Å². The van der Waals surface area contributed by atoms with E-state index in [2.05, 4.69) is 6.92 Å². The zero-order valence-electron chi connectivity index (χ0n) is 6.68. The van der Waals surface area contributed by atoms with Gasteiger partial charge in [0.25, 0.3) is 0 Å². The van der Waals surface area contributed by atoms with Gasteiger partial charge in [-0.2, -0.15) is 0 Å². The fourth-order valence-electron chi connectivity index (χ4n) is 0.943. The second kappa shape index (κ2) is 8.96. The summed E-state index contributed by atoms with van der Waals surface area (Å²) >= 11 is 0. The second-order valence-electron chi connectivity index (χ2n) is 2.59. The minimum absolute atomic E-state index is 0.852. The molecule has 0 aromatic rings. The van der Waals surface area contributed by atoms with Crippen LogP contribution in [0.3, 0.4) is 0 Å². The molecule has 1 N–H and O–H groups in total. The number of aliphatic hydroxyl groups is 1. The van der Waals surface area contributed by atoms with Crippen molar-refractivity contribution in [2.45, 2.75) is 44.9 Å².